The third-order valence-electron chi connectivity index (χ3n) is 5.51. The summed E-state index contributed by atoms with van der Waals surface area (Å²) in [5, 5.41) is 3.20. The Morgan fingerprint density at radius 1 is 0.931 bits per heavy atom. The molecule has 1 heterocycles. The Morgan fingerprint density at radius 3 is 2.03 bits per heavy atom. The van der Waals surface area contributed by atoms with Crippen LogP contribution in [0.25, 0.3) is 0 Å². The van der Waals surface area contributed by atoms with Gasteiger partial charge in [-0.2, -0.15) is 0 Å². The number of carbonyl (C=O) groups excluding carboxylic acids is 1. The van der Waals surface area contributed by atoms with Gasteiger partial charge in [-0.25, -0.2) is 0 Å². The minimum atomic E-state index is -0.189. The number of methoxy groups -OCH3 is 1. The zero-order valence-corrected chi connectivity index (χ0v) is 16.6. The molecule has 1 atom stereocenters. The fraction of sp³-hybridized carbons (Fsp3) is 0.240. The molecule has 0 bridgehead atoms. The second kappa shape index (κ2) is 8.93. The molecule has 4 rings (SSSR count). The molecular formula is C25H26N2O2. The van der Waals surface area contributed by atoms with Crippen LogP contribution in [0.2, 0.25) is 0 Å². The van der Waals surface area contributed by atoms with Crippen LogP contribution in [0.4, 0.5) is 5.69 Å². The lowest BCUT2D eigenvalue weighted by molar-refractivity contribution is 0.0943. The van der Waals surface area contributed by atoms with Gasteiger partial charge in [0.15, 0.2) is 0 Å². The molecule has 0 saturated carbocycles. The van der Waals surface area contributed by atoms with Crippen molar-refractivity contribution in [3.63, 3.8) is 0 Å². The number of hydrogen-bond donors (Lipinski definition) is 1. The number of amides is 1. The topological polar surface area (TPSA) is 41.6 Å². The van der Waals surface area contributed by atoms with E-state index >= 15 is 0 Å². The number of benzene rings is 3. The van der Waals surface area contributed by atoms with Gasteiger partial charge >= 0.3 is 0 Å². The van der Waals surface area contributed by atoms with Crippen molar-refractivity contribution >= 4 is 11.6 Å². The quantitative estimate of drug-likeness (QED) is 0.681. The number of rotatable bonds is 6. The average molecular weight is 386 g/mol. The number of carbonyl (C=O) groups is 1. The predicted molar refractivity (Wildman–Crippen MR) is 116 cm³/mol. The summed E-state index contributed by atoms with van der Waals surface area (Å²) in [7, 11) is 1.76. The first-order valence-electron chi connectivity index (χ1n) is 10.0. The van der Waals surface area contributed by atoms with Crippen LogP contribution in [0, 0.1) is 0 Å². The lowest BCUT2D eigenvalue weighted by Crippen LogP contribution is -2.29. The van der Waals surface area contributed by atoms with Crippen molar-refractivity contribution in [1.29, 1.82) is 0 Å². The van der Waals surface area contributed by atoms with Gasteiger partial charge in [0, 0.05) is 31.5 Å². The van der Waals surface area contributed by atoms with Gasteiger partial charge in [-0.3, -0.25) is 4.79 Å². The lowest BCUT2D eigenvalue weighted by atomic mass is 9.98. The van der Waals surface area contributed by atoms with Gasteiger partial charge in [0.05, 0.1) is 12.1 Å². The molecular weight excluding hydrogens is 360 g/mol. The second-order valence-electron chi connectivity index (χ2n) is 7.37. The molecule has 0 radical (unpaired) electrons. The van der Waals surface area contributed by atoms with E-state index in [0.717, 1.165) is 36.3 Å². The molecule has 1 saturated heterocycles. The van der Waals surface area contributed by atoms with Gasteiger partial charge < -0.3 is 15.0 Å². The van der Waals surface area contributed by atoms with Gasteiger partial charge in [0.25, 0.3) is 5.91 Å². The molecule has 1 aliphatic rings. The fourth-order valence-corrected chi connectivity index (χ4v) is 3.84. The molecule has 4 heteroatoms. The zero-order chi connectivity index (χ0) is 20.1. The third kappa shape index (κ3) is 4.49. The predicted octanol–water partition coefficient (Wildman–Crippen LogP) is 4.43. The Labute approximate surface area is 172 Å². The first-order valence-corrected chi connectivity index (χ1v) is 10.0. The maximum atomic E-state index is 13.0. The van der Waals surface area contributed by atoms with E-state index in [0.29, 0.717) is 5.56 Å². The Bertz CT molecular complexity index is 887. The molecule has 1 N–H and O–H groups in total. The van der Waals surface area contributed by atoms with Crippen LogP contribution in [0.15, 0.2) is 84.9 Å². The van der Waals surface area contributed by atoms with E-state index in [1.54, 1.807) is 7.11 Å². The monoisotopic (exact) mass is 386 g/mol. The molecule has 1 aliphatic heterocycles. The van der Waals surface area contributed by atoms with Crippen LogP contribution in [0.3, 0.4) is 0 Å². The highest BCUT2D eigenvalue weighted by Crippen LogP contribution is 2.24. The van der Waals surface area contributed by atoms with Crippen molar-refractivity contribution in [3.05, 3.63) is 102 Å². The van der Waals surface area contributed by atoms with E-state index in [1.165, 1.54) is 0 Å². The van der Waals surface area contributed by atoms with Crippen LogP contribution in [0.5, 0.6) is 0 Å². The minimum absolute atomic E-state index is 0.0783. The highest BCUT2D eigenvalue weighted by atomic mass is 16.5. The van der Waals surface area contributed by atoms with E-state index in [4.69, 9.17) is 4.74 Å². The Kier molecular flexibility index (Phi) is 5.92. The standard InChI is InChI=1S/C25H26N2O2/c1-29-23-16-17-27(18-23)22-14-12-21(13-15-22)25(28)26-24(19-8-4-2-5-9-19)20-10-6-3-7-11-20/h2-15,23-24H,16-18H2,1H3,(H,26,28). The summed E-state index contributed by atoms with van der Waals surface area (Å²) < 4.78 is 5.45. The van der Waals surface area contributed by atoms with Crippen LogP contribution in [-0.4, -0.2) is 32.2 Å². The Morgan fingerprint density at radius 2 is 1.52 bits per heavy atom. The molecule has 1 unspecified atom stereocenters. The number of ether oxygens (including phenoxy) is 1. The van der Waals surface area contributed by atoms with Crippen molar-refractivity contribution < 1.29 is 9.53 Å². The van der Waals surface area contributed by atoms with Crippen LogP contribution in [-0.2, 0) is 4.74 Å². The highest BCUT2D eigenvalue weighted by Gasteiger charge is 2.23. The third-order valence-corrected chi connectivity index (χ3v) is 5.51. The van der Waals surface area contributed by atoms with Crippen molar-refractivity contribution in [2.45, 2.75) is 18.6 Å². The summed E-state index contributed by atoms with van der Waals surface area (Å²) in [5.74, 6) is -0.0783. The lowest BCUT2D eigenvalue weighted by Gasteiger charge is -2.21. The molecule has 4 nitrogen and oxygen atoms in total. The Balaban J connectivity index is 1.51. The molecule has 148 valence electrons. The Hall–Kier alpha value is -3.11. The van der Waals surface area contributed by atoms with Crippen LogP contribution < -0.4 is 10.2 Å². The van der Waals surface area contributed by atoms with Crippen LogP contribution in [0.1, 0.15) is 33.9 Å². The van der Waals surface area contributed by atoms with Crippen molar-refractivity contribution in [2.24, 2.45) is 0 Å². The van der Waals surface area contributed by atoms with E-state index in [-0.39, 0.29) is 18.1 Å². The number of hydrogen-bond acceptors (Lipinski definition) is 3. The summed E-state index contributed by atoms with van der Waals surface area (Å²) in [4.78, 5) is 15.3. The largest absolute Gasteiger partial charge is 0.380 e. The average Bonchev–Trinajstić information content (AvgIpc) is 3.28. The first-order chi connectivity index (χ1) is 14.2. The molecule has 0 aliphatic carbocycles. The maximum Gasteiger partial charge on any atom is 0.252 e. The van der Waals surface area contributed by atoms with Gasteiger partial charge in [0.2, 0.25) is 0 Å². The van der Waals surface area contributed by atoms with E-state index < -0.39 is 0 Å². The molecule has 0 aromatic heterocycles. The summed E-state index contributed by atoms with van der Waals surface area (Å²) in [6.45, 7) is 1.88. The number of nitrogens with zero attached hydrogens (tertiary/aromatic N) is 1. The summed E-state index contributed by atoms with van der Waals surface area (Å²) in [5.41, 5.74) is 3.91. The number of anilines is 1. The molecule has 3 aromatic carbocycles. The minimum Gasteiger partial charge on any atom is -0.380 e. The zero-order valence-electron chi connectivity index (χ0n) is 16.6. The molecule has 1 amide bonds. The van der Waals surface area contributed by atoms with Gasteiger partial charge in [-0.15, -0.1) is 0 Å². The molecule has 29 heavy (non-hydrogen) atoms. The normalized spacial score (nSPS) is 16.2. The van der Waals surface area contributed by atoms with Crippen LogP contribution >= 0.6 is 0 Å². The molecule has 0 spiro atoms. The number of nitrogens with one attached hydrogen (secondary N) is 1. The summed E-state index contributed by atoms with van der Waals surface area (Å²) >= 11 is 0. The molecule has 3 aromatic rings. The van der Waals surface area contributed by atoms with Crippen molar-refractivity contribution in [2.75, 3.05) is 25.1 Å². The van der Waals surface area contributed by atoms with E-state index in [9.17, 15) is 4.79 Å². The fourth-order valence-electron chi connectivity index (χ4n) is 3.84. The van der Waals surface area contributed by atoms with Gasteiger partial charge in [0.1, 0.15) is 0 Å². The summed E-state index contributed by atoms with van der Waals surface area (Å²) in [6, 6.07) is 27.8. The SMILES string of the molecule is COC1CCN(c2ccc(C(=O)NC(c3ccccc3)c3ccccc3)cc2)C1. The van der Waals surface area contributed by atoms with Crippen molar-refractivity contribution in [3.8, 4) is 0 Å². The van der Waals surface area contributed by atoms with Gasteiger partial charge in [-0.05, 0) is 41.8 Å². The summed E-state index contributed by atoms with van der Waals surface area (Å²) in [6.07, 6.45) is 1.32. The highest BCUT2D eigenvalue weighted by molar-refractivity contribution is 5.95. The van der Waals surface area contributed by atoms with Crippen molar-refractivity contribution in [1.82, 2.24) is 5.32 Å². The first kappa shape index (κ1) is 19.2. The smallest absolute Gasteiger partial charge is 0.252 e. The van der Waals surface area contributed by atoms with E-state index in [1.807, 2.05) is 84.9 Å². The molecule has 1 fully saturated rings. The maximum absolute atomic E-state index is 13.0. The van der Waals surface area contributed by atoms with Gasteiger partial charge in [-0.1, -0.05) is 60.7 Å². The van der Waals surface area contributed by atoms with E-state index in [2.05, 4.69) is 10.2 Å². The second-order valence-corrected chi connectivity index (χ2v) is 7.37.